The minimum atomic E-state index is 0.342. The maximum absolute atomic E-state index is 10.9. The molecule has 0 atom stereocenters. The molecule has 0 fully saturated rings. The maximum Gasteiger partial charge on any atom is 0.161 e. The molecular formula is C48H25N5OS. The average molecular weight is 720 g/mol. The van der Waals surface area contributed by atoms with E-state index in [4.69, 9.17) is 14.4 Å². The summed E-state index contributed by atoms with van der Waals surface area (Å²) in [5.74, 6) is 0.513. The first kappa shape index (κ1) is 31.0. The van der Waals surface area contributed by atoms with Gasteiger partial charge in [0.15, 0.2) is 11.4 Å². The molecule has 55 heavy (non-hydrogen) atoms. The Morgan fingerprint density at radius 3 is 2.11 bits per heavy atom. The zero-order chi connectivity index (χ0) is 36.6. The van der Waals surface area contributed by atoms with E-state index in [0.29, 0.717) is 39.6 Å². The monoisotopic (exact) mass is 719 g/mol. The summed E-state index contributed by atoms with van der Waals surface area (Å²) in [6, 6.07) is 55.5. The van der Waals surface area contributed by atoms with E-state index in [-0.39, 0.29) is 0 Å². The van der Waals surface area contributed by atoms with Crippen molar-refractivity contribution in [1.29, 1.82) is 10.5 Å². The SMILES string of the molecule is N#Cc1cc(-c2nc(-c3cccc4sc5ccccc5c34)nc(-c3ccccc3)c2C#N)ccc1-n1c2ccccc2c2ccc3c4ccccc4oc3c21. The van der Waals surface area contributed by atoms with Crippen molar-refractivity contribution >= 4 is 75.3 Å². The molecule has 11 aromatic rings. The van der Waals surface area contributed by atoms with Gasteiger partial charge in [-0.25, -0.2) is 9.97 Å². The van der Waals surface area contributed by atoms with Gasteiger partial charge in [0.25, 0.3) is 0 Å². The van der Waals surface area contributed by atoms with Gasteiger partial charge >= 0.3 is 0 Å². The standard InChI is InChI=1S/C48H25N5OS/c49-26-30-25-29(21-24-38(30)53-39-17-7-4-13-31(39)33-22-23-34-32-14-5-8-18-40(32)54-47(34)46(33)53)45-37(27-50)44(28-11-2-1-3-12-28)51-48(52-45)36-16-10-20-42-43(36)35-15-6-9-19-41(35)55-42/h1-25H. The first-order valence-corrected chi connectivity index (χ1v) is 18.7. The van der Waals surface area contributed by atoms with Crippen LogP contribution in [0.1, 0.15) is 11.1 Å². The van der Waals surface area contributed by atoms with Crippen LogP contribution in [0.5, 0.6) is 0 Å². The fraction of sp³-hybridized carbons (Fsp3) is 0. The fourth-order valence-corrected chi connectivity index (χ4v) is 9.24. The van der Waals surface area contributed by atoms with E-state index in [1.807, 2.05) is 97.1 Å². The first-order chi connectivity index (χ1) is 27.2. The van der Waals surface area contributed by atoms with E-state index in [9.17, 15) is 10.5 Å². The van der Waals surface area contributed by atoms with E-state index in [1.54, 1.807) is 11.3 Å². The largest absolute Gasteiger partial charge is 0.454 e. The zero-order valence-electron chi connectivity index (χ0n) is 29.0. The summed E-state index contributed by atoms with van der Waals surface area (Å²) in [5, 5.41) is 28.0. The number of nitrogens with zero attached hydrogens (tertiary/aromatic N) is 5. The molecule has 0 spiro atoms. The van der Waals surface area contributed by atoms with Gasteiger partial charge < -0.3 is 8.98 Å². The van der Waals surface area contributed by atoms with Crippen molar-refractivity contribution in [1.82, 2.24) is 14.5 Å². The highest BCUT2D eigenvalue weighted by molar-refractivity contribution is 7.25. The fourth-order valence-electron chi connectivity index (χ4n) is 8.11. The van der Waals surface area contributed by atoms with Crippen molar-refractivity contribution in [2.45, 2.75) is 0 Å². The lowest BCUT2D eigenvalue weighted by Gasteiger charge is -2.15. The molecule has 0 bridgehead atoms. The number of benzene rings is 7. The normalized spacial score (nSPS) is 11.6. The van der Waals surface area contributed by atoms with E-state index >= 15 is 0 Å². The summed E-state index contributed by atoms with van der Waals surface area (Å²) in [4.78, 5) is 10.3. The van der Waals surface area contributed by atoms with E-state index in [1.165, 1.54) is 4.70 Å². The molecular weight excluding hydrogens is 695 g/mol. The summed E-state index contributed by atoms with van der Waals surface area (Å²) in [5.41, 5.74) is 8.25. The highest BCUT2D eigenvalue weighted by Crippen LogP contribution is 2.43. The van der Waals surface area contributed by atoms with Gasteiger partial charge in [0.1, 0.15) is 23.3 Å². The smallest absolute Gasteiger partial charge is 0.161 e. The second-order valence-electron chi connectivity index (χ2n) is 13.5. The van der Waals surface area contributed by atoms with Crippen LogP contribution in [0.4, 0.5) is 0 Å². The maximum atomic E-state index is 10.9. The van der Waals surface area contributed by atoms with Gasteiger partial charge in [-0.3, -0.25) is 0 Å². The number of furan rings is 1. The van der Waals surface area contributed by atoms with Gasteiger partial charge in [-0.2, -0.15) is 10.5 Å². The number of hydrogen-bond acceptors (Lipinski definition) is 6. The minimum Gasteiger partial charge on any atom is -0.454 e. The second kappa shape index (κ2) is 12.0. The number of fused-ring (bicyclic) bond motifs is 10. The van der Waals surface area contributed by atoms with Crippen molar-refractivity contribution in [2.24, 2.45) is 0 Å². The molecule has 0 saturated heterocycles. The topological polar surface area (TPSA) is 91.4 Å². The molecule has 0 radical (unpaired) electrons. The van der Waals surface area contributed by atoms with Crippen molar-refractivity contribution in [3.05, 3.63) is 163 Å². The number of hydrogen-bond donors (Lipinski definition) is 0. The number of para-hydroxylation sites is 2. The molecule has 0 unspecified atom stereocenters. The lowest BCUT2D eigenvalue weighted by molar-refractivity contribution is 0.671. The lowest BCUT2D eigenvalue weighted by atomic mass is 9.98. The molecule has 0 N–H and O–H groups in total. The van der Waals surface area contributed by atoms with Crippen LogP contribution in [-0.2, 0) is 0 Å². The second-order valence-corrected chi connectivity index (χ2v) is 14.6. The van der Waals surface area contributed by atoms with Gasteiger partial charge in [0.05, 0.1) is 33.7 Å². The predicted molar refractivity (Wildman–Crippen MR) is 222 cm³/mol. The Hall–Kier alpha value is -7.58. The van der Waals surface area contributed by atoms with Crippen LogP contribution >= 0.6 is 11.3 Å². The Morgan fingerprint density at radius 1 is 0.564 bits per heavy atom. The van der Waals surface area contributed by atoms with Gasteiger partial charge in [-0.1, -0.05) is 109 Å². The van der Waals surface area contributed by atoms with Crippen LogP contribution in [0.15, 0.2) is 156 Å². The number of thiophene rings is 1. The quantitative estimate of drug-likeness (QED) is 0.181. The van der Waals surface area contributed by atoms with Gasteiger partial charge in [0.2, 0.25) is 0 Å². The molecule has 11 rings (SSSR count). The zero-order valence-corrected chi connectivity index (χ0v) is 29.8. The van der Waals surface area contributed by atoms with E-state index < -0.39 is 0 Å². The van der Waals surface area contributed by atoms with E-state index in [2.05, 4.69) is 71.3 Å². The Kier molecular flexibility index (Phi) is 6.75. The molecule has 4 heterocycles. The summed E-state index contributed by atoms with van der Waals surface area (Å²) in [7, 11) is 0. The van der Waals surface area contributed by atoms with Crippen LogP contribution in [0, 0.1) is 22.7 Å². The molecule has 0 amide bonds. The predicted octanol–water partition coefficient (Wildman–Crippen LogP) is 12.6. The van der Waals surface area contributed by atoms with E-state index in [0.717, 1.165) is 70.3 Å². The van der Waals surface area contributed by atoms with Gasteiger partial charge in [-0.15, -0.1) is 11.3 Å². The Balaban J connectivity index is 1.18. The third-order valence-electron chi connectivity index (χ3n) is 10.5. The minimum absolute atomic E-state index is 0.342. The summed E-state index contributed by atoms with van der Waals surface area (Å²) in [6.45, 7) is 0. The van der Waals surface area contributed by atoms with Gasteiger partial charge in [0, 0.05) is 58.4 Å². The Labute approximate surface area is 318 Å². The molecule has 0 saturated carbocycles. The van der Waals surface area contributed by atoms with Crippen molar-refractivity contribution < 1.29 is 4.42 Å². The number of rotatable bonds is 4. The lowest BCUT2D eigenvalue weighted by Crippen LogP contribution is -2.03. The summed E-state index contributed by atoms with van der Waals surface area (Å²) in [6.07, 6.45) is 0. The van der Waals surface area contributed by atoms with Crippen LogP contribution < -0.4 is 0 Å². The first-order valence-electron chi connectivity index (χ1n) is 17.9. The third kappa shape index (κ3) is 4.58. The van der Waals surface area contributed by atoms with Crippen molar-refractivity contribution in [3.8, 4) is 51.7 Å². The number of aromatic nitrogens is 3. The van der Waals surface area contributed by atoms with Crippen LogP contribution in [0.25, 0.3) is 104 Å². The third-order valence-corrected chi connectivity index (χ3v) is 11.7. The molecule has 0 aliphatic rings. The van der Waals surface area contributed by atoms with Crippen molar-refractivity contribution in [3.63, 3.8) is 0 Å². The van der Waals surface area contributed by atoms with Crippen molar-refractivity contribution in [2.75, 3.05) is 0 Å². The molecule has 254 valence electrons. The van der Waals surface area contributed by atoms with Crippen LogP contribution in [0.2, 0.25) is 0 Å². The molecule has 6 nitrogen and oxygen atoms in total. The Bertz CT molecular complexity index is 3470. The molecule has 7 aromatic carbocycles. The Morgan fingerprint density at radius 2 is 1.27 bits per heavy atom. The average Bonchev–Trinajstić information content (AvgIpc) is 3.93. The molecule has 0 aliphatic carbocycles. The highest BCUT2D eigenvalue weighted by Gasteiger charge is 2.24. The number of nitriles is 2. The highest BCUT2D eigenvalue weighted by atomic mass is 32.1. The van der Waals surface area contributed by atoms with Gasteiger partial charge in [-0.05, 0) is 42.5 Å². The summed E-state index contributed by atoms with van der Waals surface area (Å²) < 4.78 is 11.0. The van der Waals surface area contributed by atoms with Crippen LogP contribution in [0.3, 0.4) is 0 Å². The van der Waals surface area contributed by atoms with Crippen LogP contribution in [-0.4, -0.2) is 14.5 Å². The molecule has 0 aliphatic heterocycles. The summed E-state index contributed by atoms with van der Waals surface area (Å²) >= 11 is 1.73. The molecule has 7 heteroatoms. The molecule has 4 aromatic heterocycles.